The number of hydrogen-bond donors (Lipinski definition) is 1. The van der Waals surface area contributed by atoms with E-state index >= 15 is 0 Å². The van der Waals surface area contributed by atoms with Gasteiger partial charge in [-0.2, -0.15) is 5.10 Å². The molecule has 3 aromatic rings. The Kier molecular flexibility index (Phi) is 6.86. The fourth-order valence-electron chi connectivity index (χ4n) is 2.63. The van der Waals surface area contributed by atoms with Gasteiger partial charge in [0.1, 0.15) is 11.5 Å². The summed E-state index contributed by atoms with van der Waals surface area (Å²) in [5.41, 5.74) is 2.58. The van der Waals surface area contributed by atoms with E-state index in [0.29, 0.717) is 12.1 Å². The van der Waals surface area contributed by atoms with Gasteiger partial charge in [-0.05, 0) is 60.9 Å². The number of halogens is 2. The molecule has 0 atom stereocenters. The summed E-state index contributed by atoms with van der Waals surface area (Å²) < 4.78 is 40.1. The third-order valence-corrected chi connectivity index (χ3v) is 6.11. The number of carbonyl (C=O) groups excluding carboxylic acids is 1. The number of ketones is 1. The summed E-state index contributed by atoms with van der Waals surface area (Å²) in [7, 11) is -3.91. The van der Waals surface area contributed by atoms with Crippen LogP contribution in [0.3, 0.4) is 0 Å². The van der Waals surface area contributed by atoms with Crippen LogP contribution in [0, 0.1) is 12.7 Å². The van der Waals surface area contributed by atoms with Gasteiger partial charge in [0.25, 0.3) is 0 Å². The van der Waals surface area contributed by atoms with Crippen molar-refractivity contribution in [2.75, 3.05) is 0 Å². The maximum absolute atomic E-state index is 13.2. The highest BCUT2D eigenvalue weighted by molar-refractivity contribution is 7.89. The molecule has 3 rings (SSSR count). The molecule has 0 aliphatic heterocycles. The first kappa shape index (κ1) is 21.9. The number of nitrogens with zero attached hydrogens (tertiary/aromatic N) is 3. The molecule has 7 nitrogen and oxygen atoms in total. The molecule has 30 heavy (non-hydrogen) atoms. The van der Waals surface area contributed by atoms with Crippen LogP contribution in [-0.4, -0.2) is 29.4 Å². The van der Waals surface area contributed by atoms with Crippen molar-refractivity contribution in [2.45, 2.75) is 31.2 Å². The minimum absolute atomic E-state index is 0.145. The molecule has 0 saturated carbocycles. The van der Waals surface area contributed by atoms with Gasteiger partial charge in [-0.15, -0.1) is 5.10 Å². The number of carbonyl (C=O) groups is 1. The maximum Gasteiger partial charge on any atom is 0.240 e. The zero-order valence-corrected chi connectivity index (χ0v) is 17.5. The van der Waals surface area contributed by atoms with Gasteiger partial charge < -0.3 is 0 Å². The van der Waals surface area contributed by atoms with Crippen LogP contribution in [-0.2, 0) is 23.0 Å². The second-order valence-corrected chi connectivity index (χ2v) is 8.71. The van der Waals surface area contributed by atoms with Crippen LogP contribution < -0.4 is 4.72 Å². The van der Waals surface area contributed by atoms with Crippen molar-refractivity contribution in [2.24, 2.45) is 0 Å². The number of benzene rings is 1. The van der Waals surface area contributed by atoms with Crippen molar-refractivity contribution in [3.63, 3.8) is 0 Å². The molecule has 0 amide bonds. The number of pyridine rings is 1. The number of aryl methyl sites for hydroxylation is 2. The van der Waals surface area contributed by atoms with Gasteiger partial charge in [-0.25, -0.2) is 17.5 Å². The predicted octanol–water partition coefficient (Wildman–Crippen LogP) is 3.27. The first-order valence-electron chi connectivity index (χ1n) is 8.96. The summed E-state index contributed by atoms with van der Waals surface area (Å²) >= 11 is 5.63. The van der Waals surface area contributed by atoms with Gasteiger partial charge in [0.15, 0.2) is 5.78 Å². The van der Waals surface area contributed by atoms with Gasteiger partial charge in [-0.3, -0.25) is 9.78 Å². The topological polar surface area (TPSA) is 102 Å². The third-order valence-electron chi connectivity index (χ3n) is 4.42. The number of sulfonamides is 1. The minimum Gasteiger partial charge on any atom is -0.292 e. The van der Waals surface area contributed by atoms with Crippen LogP contribution in [0.4, 0.5) is 4.39 Å². The normalized spacial score (nSPS) is 11.4. The molecular weight excluding hydrogens is 431 g/mol. The quantitative estimate of drug-likeness (QED) is 0.530. The summed E-state index contributed by atoms with van der Waals surface area (Å²) in [5.74, 6) is -0.876. The molecular formula is C20H18ClFN4O3S. The molecule has 2 heterocycles. The van der Waals surface area contributed by atoms with Crippen LogP contribution in [0.5, 0.6) is 0 Å². The fourth-order valence-corrected chi connectivity index (χ4v) is 3.90. The first-order valence-corrected chi connectivity index (χ1v) is 10.8. The lowest BCUT2D eigenvalue weighted by molar-refractivity contribution is 0.0977. The number of rotatable bonds is 8. The van der Waals surface area contributed by atoms with Crippen molar-refractivity contribution in [1.82, 2.24) is 19.9 Å². The lowest BCUT2D eigenvalue weighted by atomic mass is 10.0. The summed E-state index contributed by atoms with van der Waals surface area (Å²) in [4.78, 5) is 16.2. The lowest BCUT2D eigenvalue weighted by Crippen LogP contribution is -2.24. The predicted molar refractivity (Wildman–Crippen MR) is 109 cm³/mol. The van der Waals surface area contributed by atoms with Gasteiger partial charge >= 0.3 is 0 Å². The number of nitrogens with one attached hydrogen (secondary N) is 1. The zero-order chi connectivity index (χ0) is 21.7. The molecule has 0 radical (unpaired) electrons. The second-order valence-electron chi connectivity index (χ2n) is 6.54. The Bertz CT molecular complexity index is 1170. The van der Waals surface area contributed by atoms with Gasteiger partial charge in [0.05, 0.1) is 22.2 Å². The number of hydrogen-bond acceptors (Lipinski definition) is 6. The van der Waals surface area contributed by atoms with Crippen molar-refractivity contribution in [1.29, 1.82) is 0 Å². The molecule has 10 heteroatoms. The zero-order valence-electron chi connectivity index (χ0n) is 16.0. The van der Waals surface area contributed by atoms with E-state index in [9.17, 15) is 17.6 Å². The summed E-state index contributed by atoms with van der Waals surface area (Å²) in [6.45, 7) is 1.81. The molecule has 0 unspecified atom stereocenters. The van der Waals surface area contributed by atoms with Crippen molar-refractivity contribution >= 4 is 27.4 Å². The van der Waals surface area contributed by atoms with Crippen molar-refractivity contribution in [3.8, 4) is 0 Å². The van der Waals surface area contributed by atoms with Crippen LogP contribution in [0.2, 0.25) is 5.02 Å². The summed E-state index contributed by atoms with van der Waals surface area (Å²) in [5, 5.41) is 7.51. The van der Waals surface area contributed by atoms with Gasteiger partial charge in [-0.1, -0.05) is 11.6 Å². The van der Waals surface area contributed by atoms with E-state index in [1.807, 2.05) is 13.0 Å². The molecule has 0 bridgehead atoms. The minimum atomic E-state index is -3.91. The van der Waals surface area contributed by atoms with E-state index in [4.69, 9.17) is 11.6 Å². The highest BCUT2D eigenvalue weighted by Gasteiger charge is 2.16. The summed E-state index contributed by atoms with van der Waals surface area (Å²) in [6.07, 6.45) is 4.24. The van der Waals surface area contributed by atoms with Crippen LogP contribution in [0.15, 0.2) is 53.7 Å². The molecule has 0 spiro atoms. The van der Waals surface area contributed by atoms with Crippen LogP contribution >= 0.6 is 11.6 Å². The molecule has 1 N–H and O–H groups in total. The Labute approximate surface area is 178 Å². The van der Waals surface area contributed by atoms with E-state index in [0.717, 1.165) is 29.3 Å². The average Bonchev–Trinajstić information content (AvgIpc) is 2.74. The smallest absolute Gasteiger partial charge is 0.240 e. The van der Waals surface area contributed by atoms with Crippen LogP contribution in [0.25, 0.3) is 0 Å². The lowest BCUT2D eigenvalue weighted by Gasteiger charge is -2.07. The molecule has 156 valence electrons. The standard InChI is InChI=1S/C20H18ClFN4O3S/c1-13-8-9-23-11-14(13)2-7-20(27)19-6-3-15(25-26-19)12-24-30(28,29)16-4-5-18(22)17(21)10-16/h3-6,8-11,24H,2,7,12H2,1H3. The molecule has 0 aliphatic rings. The molecule has 0 aliphatic carbocycles. The molecule has 1 aromatic carbocycles. The van der Waals surface area contributed by atoms with Crippen LogP contribution in [0.1, 0.15) is 33.7 Å². The molecule has 2 aromatic heterocycles. The van der Waals surface area contributed by atoms with E-state index in [1.165, 1.54) is 12.1 Å². The van der Waals surface area contributed by atoms with Gasteiger partial charge in [0, 0.05) is 18.8 Å². The summed E-state index contributed by atoms with van der Waals surface area (Å²) in [6, 6.07) is 8.02. The molecule has 0 fully saturated rings. The monoisotopic (exact) mass is 448 g/mol. The molecule has 0 saturated heterocycles. The highest BCUT2D eigenvalue weighted by atomic mass is 35.5. The Balaban J connectivity index is 1.59. The highest BCUT2D eigenvalue weighted by Crippen LogP contribution is 2.19. The van der Waals surface area contributed by atoms with E-state index in [-0.39, 0.29) is 34.4 Å². The van der Waals surface area contributed by atoms with E-state index in [1.54, 1.807) is 12.4 Å². The maximum atomic E-state index is 13.2. The van der Waals surface area contributed by atoms with Crippen molar-refractivity contribution < 1.29 is 17.6 Å². The Morgan fingerprint density at radius 2 is 1.97 bits per heavy atom. The van der Waals surface area contributed by atoms with E-state index in [2.05, 4.69) is 19.9 Å². The third kappa shape index (κ3) is 5.44. The largest absolute Gasteiger partial charge is 0.292 e. The number of aromatic nitrogens is 3. The van der Waals surface area contributed by atoms with E-state index < -0.39 is 15.8 Å². The fraction of sp³-hybridized carbons (Fsp3) is 0.200. The second kappa shape index (κ2) is 9.38. The Morgan fingerprint density at radius 1 is 1.17 bits per heavy atom. The Morgan fingerprint density at radius 3 is 2.63 bits per heavy atom. The number of Topliss-reactive ketones (excluding diaryl/α,β-unsaturated/α-hetero) is 1. The van der Waals surface area contributed by atoms with Crippen molar-refractivity contribution in [3.05, 3.63) is 82.1 Å². The first-order chi connectivity index (χ1) is 14.3. The Hall–Kier alpha value is -2.75. The van der Waals surface area contributed by atoms with Gasteiger partial charge in [0.2, 0.25) is 10.0 Å². The average molecular weight is 449 g/mol. The SMILES string of the molecule is Cc1ccncc1CCC(=O)c1ccc(CNS(=O)(=O)c2ccc(F)c(Cl)c2)nn1.